The molecule has 0 radical (unpaired) electrons. The lowest BCUT2D eigenvalue weighted by Gasteiger charge is -2.26. The Labute approximate surface area is 147 Å². The van der Waals surface area contributed by atoms with E-state index in [1.165, 1.54) is 12.1 Å². The molecule has 0 aliphatic heterocycles. The van der Waals surface area contributed by atoms with E-state index < -0.39 is 21.0 Å². The number of alkyl halides is 3. The Morgan fingerprint density at radius 1 is 1.12 bits per heavy atom. The molecule has 0 spiro atoms. The first kappa shape index (κ1) is 23.1. The summed E-state index contributed by atoms with van der Waals surface area (Å²) in [6, 6.07) is 4.33. The monoisotopic (exact) mass is 388 g/mol. The van der Waals surface area contributed by atoms with E-state index in [-0.39, 0.29) is 32.0 Å². The summed E-state index contributed by atoms with van der Waals surface area (Å²) < 4.78 is 70.1. The number of hydrogen-bond acceptors (Lipinski definition) is 4. The third kappa shape index (κ3) is 5.86. The Morgan fingerprint density at radius 2 is 1.67 bits per heavy atom. The van der Waals surface area contributed by atoms with Crippen LogP contribution in [-0.2, 0) is 26.9 Å². The van der Waals surface area contributed by atoms with Crippen molar-refractivity contribution in [3.05, 3.63) is 29.3 Å². The van der Waals surface area contributed by atoms with Crippen LogP contribution >= 0.6 is 13.5 Å². The fourth-order valence-electron chi connectivity index (χ4n) is 2.04. The molecule has 0 bridgehead atoms. The zero-order valence-electron chi connectivity index (χ0n) is 14.2. The maximum Gasteiger partial charge on any atom is 0.534 e. The lowest BCUT2D eigenvalue weighted by atomic mass is 9.83. The van der Waals surface area contributed by atoms with E-state index in [1.54, 1.807) is 26.8 Å². The van der Waals surface area contributed by atoms with Gasteiger partial charge in [-0.3, -0.25) is 0 Å². The highest BCUT2D eigenvalue weighted by Crippen LogP contribution is 2.37. The summed E-state index contributed by atoms with van der Waals surface area (Å²) in [5.74, 6) is -0.334. The van der Waals surface area contributed by atoms with E-state index in [0.29, 0.717) is 11.1 Å². The lowest BCUT2D eigenvalue weighted by Crippen LogP contribution is -2.29. The largest absolute Gasteiger partial charge is 0.534 e. The third-order valence-electron chi connectivity index (χ3n) is 2.92. The van der Waals surface area contributed by atoms with Crippen LogP contribution in [0.25, 0.3) is 0 Å². The number of halogens is 3. The molecule has 0 unspecified atom stereocenters. The van der Waals surface area contributed by atoms with Crippen LogP contribution < -0.4 is 4.18 Å². The van der Waals surface area contributed by atoms with E-state index in [1.807, 2.05) is 13.8 Å². The average molecular weight is 388 g/mol. The molecule has 0 fully saturated rings. The summed E-state index contributed by atoms with van der Waals surface area (Å²) >= 11 is 0. The Morgan fingerprint density at radius 3 is 2.08 bits per heavy atom. The minimum Gasteiger partial charge on any atom is -0.376 e. The second-order valence-corrected chi connectivity index (χ2v) is 7.92. The van der Waals surface area contributed by atoms with Crippen LogP contribution in [0.4, 0.5) is 13.2 Å². The predicted octanol–water partition coefficient (Wildman–Crippen LogP) is 4.25. The standard InChI is InChI=1S/C15H21F3O4S.H2S/c1-10(2)21-9-11-7-6-8-12(13(11)14(3,4)5)22-23(19,20)15(16,17)18;/h6-8,10H,9H2,1-5H3;1H2. The molecule has 1 aromatic rings. The van der Waals surface area contributed by atoms with Crippen molar-refractivity contribution in [2.45, 2.75) is 58.3 Å². The maximum atomic E-state index is 12.6. The Bertz CT molecular complexity index is 648. The zero-order chi connectivity index (χ0) is 18.1. The van der Waals surface area contributed by atoms with Crippen LogP contribution in [0.15, 0.2) is 18.2 Å². The fourth-order valence-corrected chi connectivity index (χ4v) is 2.51. The Balaban J connectivity index is 0.00000529. The highest BCUT2D eigenvalue weighted by Gasteiger charge is 2.49. The molecule has 0 aliphatic carbocycles. The molecule has 9 heteroatoms. The number of ether oxygens (including phenoxy) is 1. The smallest absolute Gasteiger partial charge is 0.376 e. The van der Waals surface area contributed by atoms with Gasteiger partial charge in [0.2, 0.25) is 0 Å². The molecule has 1 rings (SSSR count). The van der Waals surface area contributed by atoms with Crippen LogP contribution in [0, 0.1) is 0 Å². The van der Waals surface area contributed by atoms with Crippen molar-refractivity contribution in [3.63, 3.8) is 0 Å². The highest BCUT2D eigenvalue weighted by molar-refractivity contribution is 7.88. The van der Waals surface area contributed by atoms with Crippen molar-refractivity contribution in [2.24, 2.45) is 0 Å². The lowest BCUT2D eigenvalue weighted by molar-refractivity contribution is -0.0500. The second-order valence-electron chi connectivity index (χ2n) is 6.38. The van der Waals surface area contributed by atoms with Crippen LogP contribution in [0.1, 0.15) is 45.7 Å². The minimum absolute atomic E-state index is 0. The fraction of sp³-hybridized carbons (Fsp3) is 0.600. The molecule has 0 heterocycles. The highest BCUT2D eigenvalue weighted by atomic mass is 32.2. The zero-order valence-corrected chi connectivity index (χ0v) is 16.0. The quantitative estimate of drug-likeness (QED) is 0.559. The third-order valence-corrected chi connectivity index (χ3v) is 3.88. The van der Waals surface area contributed by atoms with Crippen LogP contribution in [-0.4, -0.2) is 20.0 Å². The van der Waals surface area contributed by atoms with Gasteiger partial charge in [0.05, 0.1) is 12.7 Å². The molecular formula is C15H23F3O4S2. The van der Waals surface area contributed by atoms with Crippen molar-refractivity contribution < 1.29 is 30.5 Å². The molecular weight excluding hydrogens is 365 g/mol. The van der Waals surface area contributed by atoms with Gasteiger partial charge < -0.3 is 8.92 Å². The molecule has 0 atom stereocenters. The number of benzene rings is 1. The van der Waals surface area contributed by atoms with Gasteiger partial charge in [-0.25, -0.2) is 0 Å². The summed E-state index contributed by atoms with van der Waals surface area (Å²) in [4.78, 5) is 0. The molecule has 0 aliphatic rings. The summed E-state index contributed by atoms with van der Waals surface area (Å²) in [5.41, 5.74) is -5.16. The molecule has 140 valence electrons. The van der Waals surface area contributed by atoms with Gasteiger partial charge in [0, 0.05) is 5.56 Å². The molecule has 0 N–H and O–H groups in total. The van der Waals surface area contributed by atoms with Crippen molar-refractivity contribution in [1.29, 1.82) is 0 Å². The SMILES string of the molecule is CC(C)OCc1cccc(OS(=O)(=O)C(F)(F)F)c1C(C)(C)C.S. The molecule has 24 heavy (non-hydrogen) atoms. The molecule has 0 amide bonds. The van der Waals surface area contributed by atoms with Gasteiger partial charge >= 0.3 is 15.6 Å². The topological polar surface area (TPSA) is 52.6 Å². The van der Waals surface area contributed by atoms with E-state index in [0.717, 1.165) is 0 Å². The summed E-state index contributed by atoms with van der Waals surface area (Å²) in [7, 11) is -5.72. The maximum absolute atomic E-state index is 12.6. The van der Waals surface area contributed by atoms with Crippen LogP contribution in [0.3, 0.4) is 0 Å². The predicted molar refractivity (Wildman–Crippen MR) is 91.1 cm³/mol. The molecule has 0 saturated carbocycles. The van der Waals surface area contributed by atoms with Gasteiger partial charge in [-0.15, -0.1) is 0 Å². The van der Waals surface area contributed by atoms with E-state index >= 15 is 0 Å². The van der Waals surface area contributed by atoms with E-state index in [9.17, 15) is 21.6 Å². The minimum atomic E-state index is -5.72. The molecule has 0 saturated heterocycles. The molecule has 0 aromatic heterocycles. The van der Waals surface area contributed by atoms with Gasteiger partial charge in [0.15, 0.2) is 0 Å². The Kier molecular flexibility index (Phi) is 7.66. The molecule has 1 aromatic carbocycles. The van der Waals surface area contributed by atoms with Gasteiger partial charge in [-0.05, 0) is 30.9 Å². The summed E-state index contributed by atoms with van der Waals surface area (Å²) in [5, 5.41) is 0. The van der Waals surface area contributed by atoms with Gasteiger partial charge in [0.1, 0.15) is 5.75 Å². The first-order chi connectivity index (χ1) is 10.3. The Hall–Kier alpha value is -0.930. The van der Waals surface area contributed by atoms with E-state index in [2.05, 4.69) is 4.18 Å². The van der Waals surface area contributed by atoms with Crippen molar-refractivity contribution in [2.75, 3.05) is 0 Å². The van der Waals surface area contributed by atoms with Crippen LogP contribution in [0.5, 0.6) is 5.75 Å². The van der Waals surface area contributed by atoms with Crippen LogP contribution in [0.2, 0.25) is 0 Å². The van der Waals surface area contributed by atoms with Crippen molar-refractivity contribution in [3.8, 4) is 5.75 Å². The molecule has 4 nitrogen and oxygen atoms in total. The van der Waals surface area contributed by atoms with Gasteiger partial charge in [-0.1, -0.05) is 32.9 Å². The number of rotatable bonds is 5. The van der Waals surface area contributed by atoms with Crippen molar-refractivity contribution >= 4 is 23.6 Å². The van der Waals surface area contributed by atoms with Gasteiger partial charge in [0.25, 0.3) is 0 Å². The van der Waals surface area contributed by atoms with Gasteiger partial charge in [-0.2, -0.15) is 35.1 Å². The average Bonchev–Trinajstić information content (AvgIpc) is 2.33. The number of hydrogen-bond donors (Lipinski definition) is 0. The van der Waals surface area contributed by atoms with Crippen molar-refractivity contribution in [1.82, 2.24) is 0 Å². The summed E-state index contributed by atoms with van der Waals surface area (Å²) in [6.07, 6.45) is -0.0775. The summed E-state index contributed by atoms with van der Waals surface area (Å²) in [6.45, 7) is 9.07. The second kappa shape index (κ2) is 7.97. The normalized spacial score (nSPS) is 12.9. The first-order valence-corrected chi connectivity index (χ1v) is 8.41. The first-order valence-electron chi connectivity index (χ1n) is 7.00. The van der Waals surface area contributed by atoms with E-state index in [4.69, 9.17) is 4.74 Å².